The summed E-state index contributed by atoms with van der Waals surface area (Å²) in [5, 5.41) is 11.9. The lowest BCUT2D eigenvalue weighted by Crippen LogP contribution is -2.45. The summed E-state index contributed by atoms with van der Waals surface area (Å²) in [5.41, 5.74) is 2.82. The summed E-state index contributed by atoms with van der Waals surface area (Å²) in [7, 11) is 1.59. The summed E-state index contributed by atoms with van der Waals surface area (Å²) in [4.78, 5) is 24.8. The average molecular weight is 292 g/mol. The quantitative estimate of drug-likeness (QED) is 0.891. The van der Waals surface area contributed by atoms with E-state index in [9.17, 15) is 9.59 Å². The van der Waals surface area contributed by atoms with Crippen molar-refractivity contribution >= 4 is 17.7 Å². The largest absolute Gasteiger partial charge is 0.481 e. The van der Waals surface area contributed by atoms with Crippen LogP contribution >= 0.6 is 0 Å². The van der Waals surface area contributed by atoms with Crippen molar-refractivity contribution in [2.45, 2.75) is 19.9 Å². The minimum atomic E-state index is -0.941. The number of ether oxygens (including phenoxy) is 1. The smallest absolute Gasteiger partial charge is 0.321 e. The second-order valence-electron chi connectivity index (χ2n) is 5.47. The Labute approximate surface area is 123 Å². The highest BCUT2D eigenvalue weighted by Crippen LogP contribution is 2.20. The minimum absolute atomic E-state index is 0.140. The fraction of sp³-hybridized carbons (Fsp3) is 0.467. The fourth-order valence-corrected chi connectivity index (χ4v) is 2.57. The molecule has 0 aromatic heterocycles. The number of aliphatic carboxylic acids is 1. The molecule has 1 aromatic rings. The highest BCUT2D eigenvalue weighted by molar-refractivity contribution is 5.90. The SMILES string of the molecule is Cc1cc(C)cc(NC(=O)N(C)C2COCC2C(=O)O)c1. The van der Waals surface area contributed by atoms with Gasteiger partial charge >= 0.3 is 12.0 Å². The number of nitrogens with one attached hydrogen (secondary N) is 1. The molecule has 1 aliphatic rings. The van der Waals surface area contributed by atoms with E-state index in [-0.39, 0.29) is 19.2 Å². The van der Waals surface area contributed by atoms with Crippen LogP contribution in [-0.2, 0) is 9.53 Å². The maximum absolute atomic E-state index is 12.3. The average Bonchev–Trinajstić information content (AvgIpc) is 2.85. The van der Waals surface area contributed by atoms with Crippen LogP contribution in [0, 0.1) is 19.8 Å². The molecule has 6 heteroatoms. The van der Waals surface area contributed by atoms with Crippen molar-refractivity contribution in [3.05, 3.63) is 29.3 Å². The molecular formula is C15H20N2O4. The summed E-state index contributed by atoms with van der Waals surface area (Å²) in [6.07, 6.45) is 0. The standard InChI is InChI=1S/C15H20N2O4/c1-9-4-10(2)6-11(5-9)16-15(20)17(3)13-8-21-7-12(13)14(18)19/h4-6,12-13H,7-8H2,1-3H3,(H,16,20)(H,18,19). The Balaban J connectivity index is 2.07. The molecule has 2 rings (SSSR count). The van der Waals surface area contributed by atoms with Crippen molar-refractivity contribution in [1.82, 2.24) is 4.90 Å². The van der Waals surface area contributed by atoms with Crippen LogP contribution < -0.4 is 5.32 Å². The number of likely N-dealkylation sites (N-methyl/N-ethyl adjacent to an activating group) is 1. The number of carbonyl (C=O) groups is 2. The summed E-state index contributed by atoms with van der Waals surface area (Å²) in [6.45, 7) is 4.30. The van der Waals surface area contributed by atoms with Crippen molar-refractivity contribution in [3.63, 3.8) is 0 Å². The Morgan fingerprint density at radius 3 is 2.43 bits per heavy atom. The predicted molar refractivity (Wildman–Crippen MR) is 78.4 cm³/mol. The maximum Gasteiger partial charge on any atom is 0.321 e. The highest BCUT2D eigenvalue weighted by atomic mass is 16.5. The van der Waals surface area contributed by atoms with Gasteiger partial charge in [0, 0.05) is 12.7 Å². The number of benzene rings is 1. The predicted octanol–water partition coefficient (Wildman–Crippen LogP) is 1.87. The third-order valence-corrected chi connectivity index (χ3v) is 3.66. The van der Waals surface area contributed by atoms with Gasteiger partial charge in [-0.3, -0.25) is 4.79 Å². The van der Waals surface area contributed by atoms with Crippen LogP contribution in [0.5, 0.6) is 0 Å². The van der Waals surface area contributed by atoms with Crippen molar-refractivity contribution in [2.75, 3.05) is 25.6 Å². The molecule has 2 unspecified atom stereocenters. The Kier molecular flexibility index (Phi) is 4.47. The van der Waals surface area contributed by atoms with Gasteiger partial charge in [-0.25, -0.2) is 4.79 Å². The van der Waals surface area contributed by atoms with Crippen LogP contribution in [0.1, 0.15) is 11.1 Å². The van der Waals surface area contributed by atoms with Crippen molar-refractivity contribution in [1.29, 1.82) is 0 Å². The van der Waals surface area contributed by atoms with Crippen LogP contribution in [-0.4, -0.2) is 48.3 Å². The summed E-state index contributed by atoms with van der Waals surface area (Å²) < 4.78 is 5.19. The van der Waals surface area contributed by atoms with E-state index >= 15 is 0 Å². The molecule has 2 N–H and O–H groups in total. The molecule has 1 aromatic carbocycles. The molecule has 1 aliphatic heterocycles. The van der Waals surface area contributed by atoms with Gasteiger partial charge in [0.15, 0.2) is 0 Å². The van der Waals surface area contributed by atoms with E-state index < -0.39 is 17.9 Å². The van der Waals surface area contributed by atoms with Crippen LogP contribution in [0.3, 0.4) is 0 Å². The van der Waals surface area contributed by atoms with E-state index in [0.29, 0.717) is 5.69 Å². The number of carbonyl (C=O) groups excluding carboxylic acids is 1. The molecule has 6 nitrogen and oxygen atoms in total. The zero-order chi connectivity index (χ0) is 15.6. The van der Waals surface area contributed by atoms with Gasteiger partial charge in [-0.2, -0.15) is 0 Å². The number of urea groups is 1. The lowest BCUT2D eigenvalue weighted by atomic mass is 10.0. The Bertz CT molecular complexity index is 538. The zero-order valence-electron chi connectivity index (χ0n) is 12.4. The van der Waals surface area contributed by atoms with Gasteiger partial charge in [-0.15, -0.1) is 0 Å². The van der Waals surface area contributed by atoms with Crippen LogP contribution in [0.2, 0.25) is 0 Å². The molecular weight excluding hydrogens is 272 g/mol. The Morgan fingerprint density at radius 2 is 1.86 bits per heavy atom. The third kappa shape index (κ3) is 3.52. The van der Waals surface area contributed by atoms with Crippen molar-refractivity contribution < 1.29 is 19.4 Å². The summed E-state index contributed by atoms with van der Waals surface area (Å²) >= 11 is 0. The number of carboxylic acids is 1. The van der Waals surface area contributed by atoms with Gasteiger partial charge in [-0.05, 0) is 37.1 Å². The first-order chi connectivity index (χ1) is 9.88. The number of carboxylic acid groups (broad SMARTS) is 1. The first kappa shape index (κ1) is 15.3. The first-order valence-electron chi connectivity index (χ1n) is 6.81. The molecule has 2 amide bonds. The molecule has 0 spiro atoms. The van der Waals surface area contributed by atoms with E-state index in [2.05, 4.69) is 5.32 Å². The zero-order valence-corrected chi connectivity index (χ0v) is 12.4. The molecule has 114 valence electrons. The van der Waals surface area contributed by atoms with E-state index in [4.69, 9.17) is 9.84 Å². The molecule has 1 fully saturated rings. The molecule has 2 atom stereocenters. The summed E-state index contributed by atoms with van der Waals surface area (Å²) in [6, 6.07) is 4.98. The molecule has 0 saturated carbocycles. The van der Waals surface area contributed by atoms with Gasteiger partial charge in [0.25, 0.3) is 0 Å². The van der Waals surface area contributed by atoms with E-state index in [1.807, 2.05) is 32.0 Å². The van der Waals surface area contributed by atoms with E-state index in [1.165, 1.54) is 4.90 Å². The van der Waals surface area contributed by atoms with Crippen molar-refractivity contribution in [3.8, 4) is 0 Å². The maximum atomic E-state index is 12.3. The Morgan fingerprint density at radius 1 is 1.24 bits per heavy atom. The normalized spacial score (nSPS) is 21.1. The topological polar surface area (TPSA) is 78.9 Å². The minimum Gasteiger partial charge on any atom is -0.481 e. The number of hydrogen-bond donors (Lipinski definition) is 2. The van der Waals surface area contributed by atoms with Gasteiger partial charge in [0.05, 0.1) is 19.3 Å². The first-order valence-corrected chi connectivity index (χ1v) is 6.81. The van der Waals surface area contributed by atoms with Crippen LogP contribution in [0.15, 0.2) is 18.2 Å². The van der Waals surface area contributed by atoms with Crippen LogP contribution in [0.25, 0.3) is 0 Å². The second kappa shape index (κ2) is 6.13. The van der Waals surface area contributed by atoms with Gasteiger partial charge < -0.3 is 20.1 Å². The number of nitrogens with zero attached hydrogens (tertiary/aromatic N) is 1. The van der Waals surface area contributed by atoms with Gasteiger partial charge in [0.1, 0.15) is 5.92 Å². The summed E-state index contributed by atoms with van der Waals surface area (Å²) in [5.74, 6) is -1.62. The number of rotatable bonds is 3. The number of aryl methyl sites for hydroxylation is 2. The lowest BCUT2D eigenvalue weighted by Gasteiger charge is -2.26. The molecule has 0 bridgehead atoms. The fourth-order valence-electron chi connectivity index (χ4n) is 2.57. The molecule has 0 aliphatic carbocycles. The van der Waals surface area contributed by atoms with Gasteiger partial charge in [0.2, 0.25) is 0 Å². The number of amides is 2. The molecule has 21 heavy (non-hydrogen) atoms. The van der Waals surface area contributed by atoms with Crippen LogP contribution in [0.4, 0.5) is 10.5 Å². The third-order valence-electron chi connectivity index (χ3n) is 3.66. The number of anilines is 1. The highest BCUT2D eigenvalue weighted by Gasteiger charge is 2.38. The second-order valence-corrected chi connectivity index (χ2v) is 5.47. The molecule has 1 saturated heterocycles. The van der Waals surface area contributed by atoms with E-state index in [1.54, 1.807) is 7.05 Å². The molecule has 1 heterocycles. The molecule has 0 radical (unpaired) electrons. The van der Waals surface area contributed by atoms with Gasteiger partial charge in [-0.1, -0.05) is 6.07 Å². The number of hydrogen-bond acceptors (Lipinski definition) is 3. The monoisotopic (exact) mass is 292 g/mol. The van der Waals surface area contributed by atoms with E-state index in [0.717, 1.165) is 11.1 Å². The van der Waals surface area contributed by atoms with Crippen molar-refractivity contribution in [2.24, 2.45) is 5.92 Å². The Hall–Kier alpha value is -2.08. The lowest BCUT2D eigenvalue weighted by molar-refractivity contribution is -0.142.